The molecule has 0 saturated heterocycles. The standard InChI is InChI=1S/C12H13BrF3N3O2/c1-2-3-4-5-21-11-7(12(14,15)16)6-8(13)9(18-11)10(20)19-17/h2,6H,1,3-5,17H2,(H,19,20). The lowest BCUT2D eigenvalue weighted by Crippen LogP contribution is -2.31. The third-order valence-corrected chi connectivity index (χ3v) is 2.99. The van der Waals surface area contributed by atoms with Gasteiger partial charge in [-0.15, -0.1) is 6.58 Å². The minimum atomic E-state index is -4.65. The number of nitrogens with one attached hydrogen (secondary N) is 1. The van der Waals surface area contributed by atoms with Crippen LogP contribution in [0, 0.1) is 0 Å². The molecule has 0 fully saturated rings. The number of hydrogen-bond donors (Lipinski definition) is 2. The van der Waals surface area contributed by atoms with Crippen LogP contribution in [0.1, 0.15) is 28.9 Å². The van der Waals surface area contributed by atoms with E-state index in [9.17, 15) is 18.0 Å². The summed E-state index contributed by atoms with van der Waals surface area (Å²) in [6.07, 6.45) is -1.96. The van der Waals surface area contributed by atoms with Crippen LogP contribution < -0.4 is 16.0 Å². The SMILES string of the molecule is C=CCCCOc1nc(C(=O)NN)c(Br)cc1C(F)(F)F. The van der Waals surface area contributed by atoms with E-state index in [4.69, 9.17) is 10.6 Å². The van der Waals surface area contributed by atoms with Crippen molar-refractivity contribution < 1.29 is 22.7 Å². The number of hydrogen-bond acceptors (Lipinski definition) is 4. The zero-order chi connectivity index (χ0) is 16.0. The van der Waals surface area contributed by atoms with Crippen molar-refractivity contribution in [3.63, 3.8) is 0 Å². The molecule has 0 aliphatic rings. The maximum atomic E-state index is 12.9. The van der Waals surface area contributed by atoms with Gasteiger partial charge in [0.15, 0.2) is 0 Å². The van der Waals surface area contributed by atoms with Gasteiger partial charge in [-0.1, -0.05) is 6.08 Å². The molecule has 0 radical (unpaired) electrons. The fraction of sp³-hybridized carbons (Fsp3) is 0.333. The summed E-state index contributed by atoms with van der Waals surface area (Å²) in [6, 6.07) is 0.737. The number of nitrogen functional groups attached to an aromatic ring is 1. The first kappa shape index (κ1) is 17.4. The summed E-state index contributed by atoms with van der Waals surface area (Å²) in [5.74, 6) is 3.47. The predicted molar refractivity (Wildman–Crippen MR) is 73.5 cm³/mol. The van der Waals surface area contributed by atoms with Crippen LogP contribution in [0.15, 0.2) is 23.2 Å². The van der Waals surface area contributed by atoms with Crippen molar-refractivity contribution in [1.29, 1.82) is 0 Å². The van der Waals surface area contributed by atoms with Gasteiger partial charge < -0.3 is 4.74 Å². The lowest BCUT2D eigenvalue weighted by molar-refractivity contribution is -0.139. The highest BCUT2D eigenvalue weighted by atomic mass is 79.9. The monoisotopic (exact) mass is 367 g/mol. The van der Waals surface area contributed by atoms with Crippen molar-refractivity contribution in [3.8, 4) is 5.88 Å². The van der Waals surface area contributed by atoms with Gasteiger partial charge >= 0.3 is 6.18 Å². The van der Waals surface area contributed by atoms with E-state index in [2.05, 4.69) is 27.5 Å². The molecule has 5 nitrogen and oxygen atoms in total. The molecule has 0 unspecified atom stereocenters. The molecule has 0 bridgehead atoms. The summed E-state index contributed by atoms with van der Waals surface area (Å²) in [6.45, 7) is 3.52. The van der Waals surface area contributed by atoms with E-state index in [1.807, 2.05) is 0 Å². The first-order valence-electron chi connectivity index (χ1n) is 5.83. The molecule has 9 heteroatoms. The number of nitrogens with zero attached hydrogens (tertiary/aromatic N) is 1. The van der Waals surface area contributed by atoms with Crippen LogP contribution in [-0.2, 0) is 6.18 Å². The van der Waals surface area contributed by atoms with E-state index in [1.54, 1.807) is 11.5 Å². The molecule has 3 N–H and O–H groups in total. The molecule has 0 aliphatic carbocycles. The number of ether oxygens (including phenoxy) is 1. The Morgan fingerprint density at radius 1 is 1.57 bits per heavy atom. The van der Waals surface area contributed by atoms with Crippen molar-refractivity contribution in [2.45, 2.75) is 19.0 Å². The third-order valence-electron chi connectivity index (χ3n) is 2.38. The van der Waals surface area contributed by atoms with E-state index in [-0.39, 0.29) is 16.8 Å². The van der Waals surface area contributed by atoms with Crippen molar-refractivity contribution >= 4 is 21.8 Å². The molecule has 1 rings (SSSR count). The average Bonchev–Trinajstić information content (AvgIpc) is 2.42. The highest BCUT2D eigenvalue weighted by molar-refractivity contribution is 9.10. The molecule has 0 aliphatic heterocycles. The Hall–Kier alpha value is -1.61. The number of carbonyl (C=O) groups excluding carboxylic acids is 1. The quantitative estimate of drug-likeness (QED) is 0.266. The van der Waals surface area contributed by atoms with Crippen LogP contribution in [0.4, 0.5) is 13.2 Å². The summed E-state index contributed by atoms with van der Waals surface area (Å²) in [7, 11) is 0. The molecule has 0 aromatic carbocycles. The molecule has 0 saturated carbocycles. The first-order valence-corrected chi connectivity index (χ1v) is 6.63. The Morgan fingerprint density at radius 3 is 2.76 bits per heavy atom. The number of pyridine rings is 1. The number of nitrogens with two attached hydrogens (primary N) is 1. The Kier molecular flexibility index (Phi) is 6.16. The first-order chi connectivity index (χ1) is 9.81. The second-order valence-corrected chi connectivity index (χ2v) is 4.78. The second-order valence-electron chi connectivity index (χ2n) is 3.92. The van der Waals surface area contributed by atoms with E-state index in [1.165, 1.54) is 0 Å². The van der Waals surface area contributed by atoms with Gasteiger partial charge in [0.05, 0.1) is 6.61 Å². The summed E-state index contributed by atoms with van der Waals surface area (Å²) >= 11 is 2.86. The number of rotatable bonds is 6. The Morgan fingerprint density at radius 2 is 2.24 bits per heavy atom. The van der Waals surface area contributed by atoms with Crippen molar-refractivity contribution in [3.05, 3.63) is 34.5 Å². The minimum Gasteiger partial charge on any atom is -0.477 e. The predicted octanol–water partition coefficient (Wildman–Crippen LogP) is 2.81. The Labute approximate surface area is 127 Å². The van der Waals surface area contributed by atoms with Gasteiger partial charge in [-0.2, -0.15) is 13.2 Å². The lowest BCUT2D eigenvalue weighted by atomic mass is 10.2. The second kappa shape index (κ2) is 7.41. The van der Waals surface area contributed by atoms with Crippen molar-refractivity contribution in [2.24, 2.45) is 5.84 Å². The smallest absolute Gasteiger partial charge is 0.421 e. The Balaban J connectivity index is 3.15. The number of hydrazine groups is 1. The van der Waals surface area contributed by atoms with Gasteiger partial charge in [-0.3, -0.25) is 10.2 Å². The topological polar surface area (TPSA) is 77.2 Å². The molecular weight excluding hydrogens is 355 g/mol. The average molecular weight is 368 g/mol. The molecular formula is C12H13BrF3N3O2. The van der Waals surface area contributed by atoms with E-state index in [0.717, 1.165) is 6.07 Å². The number of aromatic nitrogens is 1. The summed E-state index contributed by atoms with van der Waals surface area (Å²) in [5, 5.41) is 0. The number of halogens is 4. The van der Waals surface area contributed by atoms with E-state index >= 15 is 0 Å². The van der Waals surface area contributed by atoms with Gasteiger partial charge in [-0.25, -0.2) is 10.8 Å². The molecule has 1 aromatic rings. The molecule has 0 spiro atoms. The fourth-order valence-electron chi connectivity index (χ4n) is 1.41. The number of allylic oxidation sites excluding steroid dienone is 1. The van der Waals surface area contributed by atoms with Crippen LogP contribution in [0.2, 0.25) is 0 Å². The van der Waals surface area contributed by atoms with Crippen molar-refractivity contribution in [2.75, 3.05) is 6.61 Å². The van der Waals surface area contributed by atoms with Crippen LogP contribution in [-0.4, -0.2) is 17.5 Å². The summed E-state index contributed by atoms with van der Waals surface area (Å²) in [5.41, 5.74) is 0.447. The number of carbonyl (C=O) groups is 1. The number of unbranched alkanes of at least 4 members (excludes halogenated alkanes) is 1. The summed E-state index contributed by atoms with van der Waals surface area (Å²) < 4.78 is 43.7. The zero-order valence-electron chi connectivity index (χ0n) is 10.8. The van der Waals surface area contributed by atoms with Crippen LogP contribution >= 0.6 is 15.9 Å². The molecule has 1 aromatic heterocycles. The highest BCUT2D eigenvalue weighted by Crippen LogP contribution is 2.37. The number of alkyl halides is 3. The molecule has 21 heavy (non-hydrogen) atoms. The fourth-order valence-corrected chi connectivity index (χ4v) is 1.91. The van der Waals surface area contributed by atoms with Gasteiger partial charge in [-0.05, 0) is 34.8 Å². The Bertz CT molecular complexity index is 535. The van der Waals surface area contributed by atoms with Crippen LogP contribution in [0.5, 0.6) is 5.88 Å². The maximum absolute atomic E-state index is 12.9. The molecule has 1 heterocycles. The number of amides is 1. The summed E-state index contributed by atoms with van der Waals surface area (Å²) in [4.78, 5) is 15.0. The van der Waals surface area contributed by atoms with Gasteiger partial charge in [0.1, 0.15) is 11.3 Å². The van der Waals surface area contributed by atoms with Gasteiger partial charge in [0, 0.05) is 4.47 Å². The third kappa shape index (κ3) is 4.71. The largest absolute Gasteiger partial charge is 0.477 e. The van der Waals surface area contributed by atoms with Crippen LogP contribution in [0.3, 0.4) is 0 Å². The molecule has 116 valence electrons. The van der Waals surface area contributed by atoms with Gasteiger partial charge in [0.2, 0.25) is 5.88 Å². The van der Waals surface area contributed by atoms with Gasteiger partial charge in [0.25, 0.3) is 5.91 Å². The zero-order valence-corrected chi connectivity index (χ0v) is 12.4. The maximum Gasteiger partial charge on any atom is 0.421 e. The van der Waals surface area contributed by atoms with E-state index < -0.39 is 23.5 Å². The minimum absolute atomic E-state index is 0.0212. The highest BCUT2D eigenvalue weighted by Gasteiger charge is 2.37. The van der Waals surface area contributed by atoms with Crippen molar-refractivity contribution in [1.82, 2.24) is 10.4 Å². The van der Waals surface area contributed by atoms with Crippen LogP contribution in [0.25, 0.3) is 0 Å². The lowest BCUT2D eigenvalue weighted by Gasteiger charge is -2.15. The normalized spacial score (nSPS) is 11.1. The molecule has 0 atom stereocenters. The molecule has 1 amide bonds. The van der Waals surface area contributed by atoms with E-state index in [0.29, 0.717) is 12.8 Å².